The maximum atomic E-state index is 13.9. The highest BCUT2D eigenvalue weighted by atomic mass is 16.4. The van der Waals surface area contributed by atoms with Gasteiger partial charge >= 0.3 is 5.97 Å². The number of carbonyl (C=O) groups is 2. The Morgan fingerprint density at radius 2 is 1.58 bits per heavy atom. The standard InChI is InChI=1S/C34H54O4/c1-9-10-24(35)23-19-33(8)22(28-21(20(2)3)13-18-34(23,28)29(37)38)11-12-26-31(6)16-15-27(36)30(4,5)25(31)14-17-32(26,33)7/h21-23,25-28,36H,2,9-19H2,1,3-8H3,(H,37,38)/t21-,22+,23?,25-,26+,27-,28+,31-,32+,33+,34-/m0/s1. The van der Waals surface area contributed by atoms with Crippen LogP contribution < -0.4 is 0 Å². The smallest absolute Gasteiger partial charge is 0.310 e. The fraction of sp³-hybridized carbons (Fsp3) is 0.882. The van der Waals surface area contributed by atoms with Crippen LogP contribution in [0.5, 0.6) is 0 Å². The van der Waals surface area contributed by atoms with Gasteiger partial charge in [0, 0.05) is 12.3 Å². The van der Waals surface area contributed by atoms with E-state index < -0.39 is 17.3 Å². The summed E-state index contributed by atoms with van der Waals surface area (Å²) >= 11 is 0. The van der Waals surface area contributed by atoms with Gasteiger partial charge in [-0.1, -0.05) is 53.7 Å². The average Bonchev–Trinajstić information content (AvgIpc) is 3.24. The minimum Gasteiger partial charge on any atom is -0.481 e. The van der Waals surface area contributed by atoms with E-state index in [4.69, 9.17) is 0 Å². The molecule has 4 heteroatoms. The topological polar surface area (TPSA) is 74.6 Å². The van der Waals surface area contributed by atoms with Crippen LogP contribution in [0.25, 0.3) is 0 Å². The van der Waals surface area contributed by atoms with E-state index in [1.54, 1.807) is 0 Å². The van der Waals surface area contributed by atoms with E-state index >= 15 is 0 Å². The summed E-state index contributed by atoms with van der Waals surface area (Å²) in [6.07, 6.45) is 9.56. The lowest BCUT2D eigenvalue weighted by Gasteiger charge is -2.73. The van der Waals surface area contributed by atoms with Gasteiger partial charge < -0.3 is 10.2 Å². The highest BCUT2D eigenvalue weighted by Gasteiger charge is 2.74. The highest BCUT2D eigenvalue weighted by molar-refractivity contribution is 5.89. The minimum atomic E-state index is -0.943. The zero-order chi connectivity index (χ0) is 28.1. The van der Waals surface area contributed by atoms with Crippen LogP contribution in [0.3, 0.4) is 0 Å². The fourth-order valence-electron chi connectivity index (χ4n) is 12.4. The molecule has 0 aromatic carbocycles. The molecule has 38 heavy (non-hydrogen) atoms. The van der Waals surface area contributed by atoms with E-state index in [0.717, 1.165) is 63.4 Å². The van der Waals surface area contributed by atoms with Crippen molar-refractivity contribution in [2.24, 2.45) is 62.6 Å². The highest BCUT2D eigenvalue weighted by Crippen LogP contribution is 2.78. The molecular formula is C34H54O4. The van der Waals surface area contributed by atoms with E-state index in [-0.39, 0.29) is 45.4 Å². The summed E-state index contributed by atoms with van der Waals surface area (Å²) in [5, 5.41) is 21.9. The van der Waals surface area contributed by atoms with E-state index in [1.807, 2.05) is 6.92 Å². The van der Waals surface area contributed by atoms with Gasteiger partial charge in [0.25, 0.3) is 0 Å². The second kappa shape index (κ2) is 8.92. The van der Waals surface area contributed by atoms with Crippen molar-refractivity contribution in [1.29, 1.82) is 0 Å². The lowest BCUT2D eigenvalue weighted by atomic mass is 9.31. The number of aliphatic carboxylic acids is 1. The molecule has 0 aromatic rings. The molecule has 0 aromatic heterocycles. The van der Waals surface area contributed by atoms with Crippen molar-refractivity contribution in [2.45, 2.75) is 125 Å². The lowest BCUT2D eigenvalue weighted by molar-refractivity contribution is -0.255. The number of carboxylic acid groups (broad SMARTS) is 1. The summed E-state index contributed by atoms with van der Waals surface area (Å²) in [6, 6.07) is 0. The largest absolute Gasteiger partial charge is 0.481 e. The molecule has 0 heterocycles. The lowest BCUT2D eigenvalue weighted by Crippen LogP contribution is -2.69. The molecule has 2 N–H and O–H groups in total. The quantitative estimate of drug-likeness (QED) is 0.360. The van der Waals surface area contributed by atoms with Gasteiger partial charge in [0.2, 0.25) is 0 Å². The van der Waals surface area contributed by atoms with Gasteiger partial charge in [-0.3, -0.25) is 9.59 Å². The number of Topliss-reactive ketones (excluding diaryl/α,β-unsaturated/α-hetero) is 1. The maximum Gasteiger partial charge on any atom is 0.310 e. The van der Waals surface area contributed by atoms with E-state index in [0.29, 0.717) is 30.6 Å². The monoisotopic (exact) mass is 526 g/mol. The molecule has 0 amide bonds. The Morgan fingerprint density at radius 1 is 0.895 bits per heavy atom. The molecule has 5 fully saturated rings. The van der Waals surface area contributed by atoms with Gasteiger partial charge in [0.15, 0.2) is 0 Å². The Balaban J connectivity index is 1.64. The van der Waals surface area contributed by atoms with Crippen molar-refractivity contribution in [3.63, 3.8) is 0 Å². The van der Waals surface area contributed by atoms with Gasteiger partial charge in [-0.2, -0.15) is 0 Å². The van der Waals surface area contributed by atoms with E-state index in [1.165, 1.54) is 0 Å². The summed E-state index contributed by atoms with van der Waals surface area (Å²) in [6.45, 7) is 20.6. The van der Waals surface area contributed by atoms with Crippen molar-refractivity contribution >= 4 is 11.8 Å². The minimum absolute atomic E-state index is 0.00465. The van der Waals surface area contributed by atoms with Crippen molar-refractivity contribution in [2.75, 3.05) is 0 Å². The van der Waals surface area contributed by atoms with Crippen LogP contribution in [-0.4, -0.2) is 28.1 Å². The maximum absolute atomic E-state index is 13.9. The SMILES string of the molecule is C=C(C)[C@@H]1CC[C@]2(C(=O)O)C(C(=O)CCC)C[C@]3(C)[C@H](CC[C@@H]4[C@@]5(C)CC[C@H](O)C(C)(C)[C@@H]5CC[C@]43C)[C@@H]12. The molecule has 5 rings (SSSR count). The van der Waals surface area contributed by atoms with Gasteiger partial charge in [-0.25, -0.2) is 0 Å². The number of hydrogen-bond donors (Lipinski definition) is 2. The first kappa shape index (κ1) is 28.4. The molecule has 5 aliphatic carbocycles. The number of carbonyl (C=O) groups excluding carboxylic acids is 1. The fourth-order valence-corrected chi connectivity index (χ4v) is 12.4. The van der Waals surface area contributed by atoms with E-state index in [9.17, 15) is 19.8 Å². The van der Waals surface area contributed by atoms with Gasteiger partial charge in [-0.15, -0.1) is 0 Å². The molecule has 0 spiro atoms. The molecule has 11 atom stereocenters. The van der Waals surface area contributed by atoms with Crippen LogP contribution in [0.4, 0.5) is 0 Å². The summed E-state index contributed by atoms with van der Waals surface area (Å²) in [4.78, 5) is 27.2. The Kier molecular flexibility index (Phi) is 6.66. The molecule has 5 aliphatic rings. The van der Waals surface area contributed by atoms with Crippen molar-refractivity contribution in [3.05, 3.63) is 12.2 Å². The molecule has 214 valence electrons. The summed E-state index contributed by atoms with van der Waals surface area (Å²) in [5.74, 6) is 0.566. The Bertz CT molecular complexity index is 1010. The third-order valence-corrected chi connectivity index (χ3v) is 14.4. The molecule has 0 saturated heterocycles. The van der Waals surface area contributed by atoms with Crippen LogP contribution in [0.2, 0.25) is 0 Å². The second-order valence-electron chi connectivity index (χ2n) is 15.9. The summed E-state index contributed by atoms with van der Waals surface area (Å²) < 4.78 is 0. The number of fused-ring (bicyclic) bond motifs is 7. The summed E-state index contributed by atoms with van der Waals surface area (Å²) in [7, 11) is 0. The van der Waals surface area contributed by atoms with Crippen LogP contribution >= 0.6 is 0 Å². The van der Waals surface area contributed by atoms with Crippen LogP contribution in [0.1, 0.15) is 119 Å². The number of carboxylic acids is 1. The van der Waals surface area contributed by atoms with Crippen molar-refractivity contribution < 1.29 is 19.8 Å². The van der Waals surface area contributed by atoms with Gasteiger partial charge in [0.1, 0.15) is 5.78 Å². The first-order valence-electron chi connectivity index (χ1n) is 15.7. The Morgan fingerprint density at radius 3 is 2.18 bits per heavy atom. The van der Waals surface area contributed by atoms with Crippen molar-refractivity contribution in [1.82, 2.24) is 0 Å². The van der Waals surface area contributed by atoms with Crippen molar-refractivity contribution in [3.8, 4) is 0 Å². The zero-order valence-corrected chi connectivity index (χ0v) is 25.2. The van der Waals surface area contributed by atoms with E-state index in [2.05, 4.69) is 48.1 Å². The zero-order valence-electron chi connectivity index (χ0n) is 25.2. The van der Waals surface area contributed by atoms with Crippen LogP contribution in [0, 0.1) is 62.6 Å². The molecule has 1 unspecified atom stereocenters. The third-order valence-electron chi connectivity index (χ3n) is 14.4. The number of ketones is 1. The first-order chi connectivity index (χ1) is 17.6. The van der Waals surface area contributed by atoms with Gasteiger partial charge in [-0.05, 0) is 122 Å². The number of aliphatic hydroxyl groups is 1. The first-order valence-corrected chi connectivity index (χ1v) is 15.7. The Labute approximate surface area is 231 Å². The predicted molar refractivity (Wildman–Crippen MR) is 151 cm³/mol. The molecular weight excluding hydrogens is 472 g/mol. The normalized spacial score (nSPS) is 51.2. The number of rotatable bonds is 5. The van der Waals surface area contributed by atoms with Gasteiger partial charge in [0.05, 0.1) is 11.5 Å². The van der Waals surface area contributed by atoms with Crippen LogP contribution in [-0.2, 0) is 9.59 Å². The molecule has 0 bridgehead atoms. The second-order valence-corrected chi connectivity index (χ2v) is 15.9. The number of hydrogen-bond acceptors (Lipinski definition) is 3. The number of aliphatic hydroxyl groups excluding tert-OH is 1. The molecule has 0 radical (unpaired) electrons. The number of allylic oxidation sites excluding steroid dienone is 1. The average molecular weight is 527 g/mol. The van der Waals surface area contributed by atoms with Crippen LogP contribution in [0.15, 0.2) is 12.2 Å². The molecule has 5 saturated carbocycles. The molecule has 0 aliphatic heterocycles. The summed E-state index contributed by atoms with van der Waals surface area (Å²) in [5.41, 5.74) is 0.207. The molecule has 4 nitrogen and oxygen atoms in total. The third kappa shape index (κ3) is 3.37. The Hall–Kier alpha value is -1.16. The predicted octanol–water partition coefficient (Wildman–Crippen LogP) is 7.68.